The fourth-order valence-electron chi connectivity index (χ4n) is 5.05. The molecule has 3 rings (SSSR count). The predicted octanol–water partition coefficient (Wildman–Crippen LogP) is 4.53. The van der Waals surface area contributed by atoms with Crippen molar-refractivity contribution in [1.29, 1.82) is 5.26 Å². The van der Waals surface area contributed by atoms with E-state index < -0.39 is 0 Å². The van der Waals surface area contributed by atoms with Gasteiger partial charge >= 0.3 is 0 Å². The summed E-state index contributed by atoms with van der Waals surface area (Å²) in [6.45, 7) is 2.29. The van der Waals surface area contributed by atoms with E-state index in [1.54, 1.807) is 0 Å². The highest BCUT2D eigenvalue weighted by Gasteiger charge is 2.46. The summed E-state index contributed by atoms with van der Waals surface area (Å²) in [5.41, 5.74) is 0.0792. The first kappa shape index (κ1) is 11.6. The molecule has 5 atom stereocenters. The first-order chi connectivity index (χ1) is 8.24. The van der Waals surface area contributed by atoms with Gasteiger partial charge in [0.15, 0.2) is 0 Å². The molecule has 0 aliphatic heterocycles. The van der Waals surface area contributed by atoms with Crippen LogP contribution < -0.4 is 0 Å². The van der Waals surface area contributed by atoms with Crippen molar-refractivity contribution in [2.45, 2.75) is 64.7 Å². The second-order valence-electron chi connectivity index (χ2n) is 7.05. The Hall–Kier alpha value is -0.510. The van der Waals surface area contributed by atoms with E-state index in [0.717, 1.165) is 23.7 Å². The molecule has 0 amide bonds. The lowest BCUT2D eigenvalue weighted by Crippen LogP contribution is -2.23. The first-order valence-electron chi connectivity index (χ1n) is 7.66. The Morgan fingerprint density at radius 1 is 1.24 bits per heavy atom. The molecular formula is C16H25N. The zero-order chi connectivity index (χ0) is 11.9. The summed E-state index contributed by atoms with van der Waals surface area (Å²) in [6, 6.07) is 2.73. The summed E-state index contributed by atoms with van der Waals surface area (Å²) < 4.78 is 0. The number of hydrogen-bond donors (Lipinski definition) is 0. The lowest BCUT2D eigenvalue weighted by molar-refractivity contribution is 0.221. The molecule has 0 aromatic heterocycles. The quantitative estimate of drug-likeness (QED) is 0.700. The molecule has 0 radical (unpaired) electrons. The van der Waals surface area contributed by atoms with Crippen LogP contribution in [0, 0.1) is 40.4 Å². The van der Waals surface area contributed by atoms with Crippen LogP contribution in [-0.2, 0) is 0 Å². The molecular weight excluding hydrogens is 206 g/mol. The lowest BCUT2D eigenvalue weighted by atomic mass is 9.73. The molecule has 1 nitrogen and oxygen atoms in total. The third-order valence-electron chi connectivity index (χ3n) is 6.06. The fourth-order valence-corrected chi connectivity index (χ4v) is 5.05. The fraction of sp³-hybridized carbons (Fsp3) is 0.938. The minimum atomic E-state index is 0.0792. The maximum atomic E-state index is 9.61. The van der Waals surface area contributed by atoms with Crippen LogP contribution in [0.5, 0.6) is 0 Å². The molecule has 0 aromatic rings. The Morgan fingerprint density at radius 2 is 2.12 bits per heavy atom. The first-order valence-corrected chi connectivity index (χ1v) is 7.66. The van der Waals surface area contributed by atoms with Crippen molar-refractivity contribution >= 4 is 0 Å². The van der Waals surface area contributed by atoms with E-state index in [2.05, 4.69) is 13.0 Å². The third kappa shape index (κ3) is 2.01. The van der Waals surface area contributed by atoms with Gasteiger partial charge in [-0.05, 0) is 68.6 Å². The summed E-state index contributed by atoms with van der Waals surface area (Å²) in [7, 11) is 0. The lowest BCUT2D eigenvalue weighted by Gasteiger charge is -2.29. The molecule has 0 saturated heterocycles. The average molecular weight is 231 g/mol. The van der Waals surface area contributed by atoms with Crippen LogP contribution in [-0.4, -0.2) is 0 Å². The van der Waals surface area contributed by atoms with Gasteiger partial charge in [0, 0.05) is 0 Å². The highest BCUT2D eigenvalue weighted by molar-refractivity contribution is 5.06. The van der Waals surface area contributed by atoms with Gasteiger partial charge in [0.2, 0.25) is 0 Å². The molecule has 0 heterocycles. The molecule has 0 spiro atoms. The maximum Gasteiger partial charge on any atom is 0.0689 e. The summed E-state index contributed by atoms with van der Waals surface area (Å²) in [5.74, 6) is 3.77. The van der Waals surface area contributed by atoms with E-state index in [9.17, 15) is 5.26 Å². The van der Waals surface area contributed by atoms with Crippen molar-refractivity contribution in [3.63, 3.8) is 0 Å². The van der Waals surface area contributed by atoms with Gasteiger partial charge in [-0.25, -0.2) is 0 Å². The van der Waals surface area contributed by atoms with Crippen LogP contribution in [0.25, 0.3) is 0 Å². The molecule has 3 fully saturated rings. The van der Waals surface area contributed by atoms with E-state index in [4.69, 9.17) is 0 Å². The van der Waals surface area contributed by atoms with Gasteiger partial charge in [0.25, 0.3) is 0 Å². The minimum absolute atomic E-state index is 0.0792. The summed E-state index contributed by atoms with van der Waals surface area (Å²) >= 11 is 0. The van der Waals surface area contributed by atoms with Gasteiger partial charge in [-0.2, -0.15) is 5.26 Å². The summed E-state index contributed by atoms with van der Waals surface area (Å²) in [5, 5.41) is 9.61. The number of rotatable bonds is 3. The van der Waals surface area contributed by atoms with E-state index in [-0.39, 0.29) is 5.41 Å². The molecule has 3 aliphatic carbocycles. The molecule has 2 bridgehead atoms. The zero-order valence-corrected chi connectivity index (χ0v) is 11.1. The number of fused-ring (bicyclic) bond motifs is 2. The van der Waals surface area contributed by atoms with Gasteiger partial charge < -0.3 is 0 Å². The monoisotopic (exact) mass is 231 g/mol. The van der Waals surface area contributed by atoms with Crippen molar-refractivity contribution in [3.8, 4) is 6.07 Å². The SMILES string of the molecule is CCC1CCC(C#N)(CC2CC3CCC2C3)C1. The highest BCUT2D eigenvalue weighted by atomic mass is 14.5. The van der Waals surface area contributed by atoms with Gasteiger partial charge in [-0.15, -0.1) is 0 Å². The smallest absolute Gasteiger partial charge is 0.0689 e. The Balaban J connectivity index is 1.65. The molecule has 3 saturated carbocycles. The minimum Gasteiger partial charge on any atom is -0.198 e. The highest BCUT2D eigenvalue weighted by Crippen LogP contribution is 2.55. The van der Waals surface area contributed by atoms with Crippen molar-refractivity contribution in [3.05, 3.63) is 0 Å². The van der Waals surface area contributed by atoms with Gasteiger partial charge in [0.05, 0.1) is 11.5 Å². The van der Waals surface area contributed by atoms with Crippen LogP contribution in [0.1, 0.15) is 64.7 Å². The third-order valence-corrected chi connectivity index (χ3v) is 6.06. The number of hydrogen-bond acceptors (Lipinski definition) is 1. The van der Waals surface area contributed by atoms with Crippen molar-refractivity contribution in [2.75, 3.05) is 0 Å². The molecule has 17 heavy (non-hydrogen) atoms. The largest absolute Gasteiger partial charge is 0.198 e. The Morgan fingerprint density at radius 3 is 2.65 bits per heavy atom. The standard InChI is InChI=1S/C16H25N/c1-2-12-5-6-16(9-12,11-17)10-15-8-13-3-4-14(15)7-13/h12-15H,2-10H2,1H3. The Kier molecular flexibility index (Phi) is 2.93. The Labute approximate surface area is 106 Å². The van der Waals surface area contributed by atoms with Crippen LogP contribution in [0.3, 0.4) is 0 Å². The van der Waals surface area contributed by atoms with Gasteiger partial charge in [-0.1, -0.05) is 19.8 Å². The molecule has 5 unspecified atom stereocenters. The molecule has 94 valence electrons. The van der Waals surface area contributed by atoms with Crippen LogP contribution in [0.15, 0.2) is 0 Å². The van der Waals surface area contributed by atoms with Crippen LogP contribution in [0.2, 0.25) is 0 Å². The molecule has 0 aromatic carbocycles. The number of nitriles is 1. The molecule has 1 heteroatoms. The van der Waals surface area contributed by atoms with Crippen molar-refractivity contribution in [2.24, 2.45) is 29.1 Å². The van der Waals surface area contributed by atoms with E-state index in [1.165, 1.54) is 57.8 Å². The van der Waals surface area contributed by atoms with E-state index in [0.29, 0.717) is 0 Å². The van der Waals surface area contributed by atoms with Crippen LogP contribution >= 0.6 is 0 Å². The van der Waals surface area contributed by atoms with Gasteiger partial charge in [-0.3, -0.25) is 0 Å². The molecule has 0 N–H and O–H groups in total. The van der Waals surface area contributed by atoms with Gasteiger partial charge in [0.1, 0.15) is 0 Å². The normalized spacial score (nSPS) is 48.5. The second-order valence-corrected chi connectivity index (χ2v) is 7.05. The number of nitrogens with zero attached hydrogens (tertiary/aromatic N) is 1. The second kappa shape index (κ2) is 4.30. The van der Waals surface area contributed by atoms with Crippen LogP contribution in [0.4, 0.5) is 0 Å². The van der Waals surface area contributed by atoms with E-state index in [1.807, 2.05) is 0 Å². The van der Waals surface area contributed by atoms with Crippen molar-refractivity contribution < 1.29 is 0 Å². The Bertz CT molecular complexity index is 329. The zero-order valence-electron chi connectivity index (χ0n) is 11.1. The summed E-state index contributed by atoms with van der Waals surface area (Å²) in [6.07, 6.45) is 12.1. The predicted molar refractivity (Wildman–Crippen MR) is 69.2 cm³/mol. The van der Waals surface area contributed by atoms with E-state index >= 15 is 0 Å². The molecule has 3 aliphatic rings. The summed E-state index contributed by atoms with van der Waals surface area (Å²) in [4.78, 5) is 0. The van der Waals surface area contributed by atoms with Crippen molar-refractivity contribution in [1.82, 2.24) is 0 Å². The maximum absolute atomic E-state index is 9.61. The average Bonchev–Trinajstić information content (AvgIpc) is 3.04. The topological polar surface area (TPSA) is 23.8 Å².